The van der Waals surface area contributed by atoms with Crippen molar-refractivity contribution in [2.45, 2.75) is 17.6 Å². The Hall–Kier alpha value is -1.33. The molecule has 4 nitrogen and oxygen atoms in total. The van der Waals surface area contributed by atoms with E-state index in [1.807, 2.05) is 20.0 Å². The standard InChI is InChI=1S/C12H14ClN3OS/c1-8-5-10(16(2)15-8)7-18(17)12-4-3-9(13)6-11(12)14/h3-6H,7,14H2,1-2H3. The molecule has 0 saturated heterocycles. The lowest BCUT2D eigenvalue weighted by Gasteiger charge is -2.06. The van der Waals surface area contributed by atoms with Gasteiger partial charge in [0, 0.05) is 17.8 Å². The molecule has 1 atom stereocenters. The summed E-state index contributed by atoms with van der Waals surface area (Å²) in [5.74, 6) is 0.392. The quantitative estimate of drug-likeness (QED) is 0.879. The average Bonchev–Trinajstić information content (AvgIpc) is 2.57. The summed E-state index contributed by atoms with van der Waals surface area (Å²) in [7, 11) is 0.642. The zero-order chi connectivity index (χ0) is 13.3. The van der Waals surface area contributed by atoms with Crippen LogP contribution in [0, 0.1) is 6.92 Å². The lowest BCUT2D eigenvalue weighted by atomic mass is 10.3. The van der Waals surface area contributed by atoms with E-state index in [1.54, 1.807) is 22.9 Å². The Kier molecular flexibility index (Phi) is 3.73. The summed E-state index contributed by atoms with van der Waals surface area (Å²) >= 11 is 5.82. The lowest BCUT2D eigenvalue weighted by molar-refractivity contribution is 0.676. The first-order valence-corrected chi connectivity index (χ1v) is 7.10. The predicted octanol–water partition coefficient (Wildman–Crippen LogP) is 2.27. The number of aryl methyl sites for hydroxylation is 2. The summed E-state index contributed by atoms with van der Waals surface area (Å²) in [5.41, 5.74) is 8.10. The third kappa shape index (κ3) is 2.73. The van der Waals surface area contributed by atoms with E-state index in [4.69, 9.17) is 17.3 Å². The van der Waals surface area contributed by atoms with Gasteiger partial charge in [0.1, 0.15) is 0 Å². The van der Waals surface area contributed by atoms with Crippen LogP contribution in [0.3, 0.4) is 0 Å². The van der Waals surface area contributed by atoms with Crippen molar-refractivity contribution >= 4 is 28.1 Å². The van der Waals surface area contributed by atoms with Gasteiger partial charge in [0.25, 0.3) is 0 Å². The molecule has 1 aromatic carbocycles. The van der Waals surface area contributed by atoms with Crippen LogP contribution >= 0.6 is 11.6 Å². The van der Waals surface area contributed by atoms with Crippen LogP contribution < -0.4 is 5.73 Å². The molecule has 0 bridgehead atoms. The number of halogens is 1. The average molecular weight is 284 g/mol. The highest BCUT2D eigenvalue weighted by atomic mass is 35.5. The molecule has 1 aromatic heterocycles. The van der Waals surface area contributed by atoms with E-state index >= 15 is 0 Å². The maximum Gasteiger partial charge on any atom is 0.0703 e. The minimum atomic E-state index is -1.20. The zero-order valence-electron chi connectivity index (χ0n) is 10.2. The van der Waals surface area contributed by atoms with Crippen molar-refractivity contribution < 1.29 is 4.21 Å². The molecule has 0 radical (unpaired) electrons. The molecule has 0 aliphatic carbocycles. The third-order valence-electron chi connectivity index (χ3n) is 2.59. The molecule has 0 saturated carbocycles. The van der Waals surface area contributed by atoms with Gasteiger partial charge < -0.3 is 5.73 Å². The molecule has 2 aromatic rings. The van der Waals surface area contributed by atoms with Crippen molar-refractivity contribution in [3.8, 4) is 0 Å². The highest BCUT2D eigenvalue weighted by Gasteiger charge is 2.12. The Balaban J connectivity index is 2.24. The molecule has 18 heavy (non-hydrogen) atoms. The van der Waals surface area contributed by atoms with Crippen LogP contribution in [0.5, 0.6) is 0 Å². The minimum Gasteiger partial charge on any atom is -0.398 e. The van der Waals surface area contributed by atoms with Gasteiger partial charge in [0.15, 0.2) is 0 Å². The van der Waals surface area contributed by atoms with Crippen molar-refractivity contribution in [2.75, 3.05) is 5.73 Å². The first-order valence-electron chi connectivity index (χ1n) is 5.40. The van der Waals surface area contributed by atoms with Gasteiger partial charge in [-0.3, -0.25) is 8.89 Å². The van der Waals surface area contributed by atoms with Gasteiger partial charge in [-0.25, -0.2) is 0 Å². The molecule has 96 valence electrons. The summed E-state index contributed by atoms with van der Waals surface area (Å²) in [4.78, 5) is 0.609. The Bertz CT molecular complexity index is 609. The molecule has 0 aliphatic rings. The van der Waals surface area contributed by atoms with Crippen LogP contribution in [0.4, 0.5) is 5.69 Å². The maximum atomic E-state index is 12.3. The van der Waals surface area contributed by atoms with Gasteiger partial charge in [-0.05, 0) is 31.2 Å². The molecule has 0 aliphatic heterocycles. The fourth-order valence-electron chi connectivity index (χ4n) is 1.74. The van der Waals surface area contributed by atoms with Crippen molar-refractivity contribution in [1.29, 1.82) is 0 Å². The van der Waals surface area contributed by atoms with E-state index < -0.39 is 10.8 Å². The second-order valence-electron chi connectivity index (χ2n) is 4.07. The zero-order valence-corrected chi connectivity index (χ0v) is 11.8. The molecule has 0 fully saturated rings. The highest BCUT2D eigenvalue weighted by molar-refractivity contribution is 7.84. The van der Waals surface area contributed by atoms with Crippen LogP contribution in [-0.4, -0.2) is 14.0 Å². The van der Waals surface area contributed by atoms with Gasteiger partial charge in [-0.2, -0.15) is 5.10 Å². The molecule has 0 spiro atoms. The Morgan fingerprint density at radius 3 is 2.72 bits per heavy atom. The minimum absolute atomic E-state index is 0.392. The number of aromatic nitrogens is 2. The van der Waals surface area contributed by atoms with Gasteiger partial charge >= 0.3 is 0 Å². The second-order valence-corrected chi connectivity index (χ2v) is 5.93. The van der Waals surface area contributed by atoms with Gasteiger partial charge in [-0.15, -0.1) is 0 Å². The number of hydrogen-bond acceptors (Lipinski definition) is 3. The molecule has 1 heterocycles. The van der Waals surface area contributed by atoms with Crippen LogP contribution in [0.1, 0.15) is 11.4 Å². The predicted molar refractivity (Wildman–Crippen MR) is 73.9 cm³/mol. The van der Waals surface area contributed by atoms with Crippen molar-refractivity contribution in [3.63, 3.8) is 0 Å². The topological polar surface area (TPSA) is 60.9 Å². The monoisotopic (exact) mass is 283 g/mol. The number of nitrogen functional groups attached to an aromatic ring is 1. The summed E-state index contributed by atoms with van der Waals surface area (Å²) in [6.07, 6.45) is 0. The number of benzene rings is 1. The number of rotatable bonds is 3. The SMILES string of the molecule is Cc1cc(CS(=O)c2ccc(Cl)cc2N)n(C)n1. The fourth-order valence-corrected chi connectivity index (χ4v) is 3.15. The van der Waals surface area contributed by atoms with Gasteiger partial charge in [-0.1, -0.05) is 11.6 Å². The number of anilines is 1. The summed E-state index contributed by atoms with van der Waals surface area (Å²) in [5, 5.41) is 4.77. The number of nitrogens with two attached hydrogens (primary N) is 1. The molecule has 0 amide bonds. The molecule has 2 N–H and O–H groups in total. The smallest absolute Gasteiger partial charge is 0.0703 e. The summed E-state index contributed by atoms with van der Waals surface area (Å²) < 4.78 is 14.0. The first kappa shape index (κ1) is 13.1. The van der Waals surface area contributed by atoms with E-state index in [0.29, 0.717) is 21.4 Å². The van der Waals surface area contributed by atoms with Crippen LogP contribution in [0.15, 0.2) is 29.2 Å². The lowest BCUT2D eigenvalue weighted by Crippen LogP contribution is -2.05. The Morgan fingerprint density at radius 1 is 1.44 bits per heavy atom. The van der Waals surface area contributed by atoms with Gasteiger partial charge in [0.2, 0.25) is 0 Å². The number of nitrogens with zero attached hydrogens (tertiary/aromatic N) is 2. The van der Waals surface area contributed by atoms with Crippen molar-refractivity contribution in [2.24, 2.45) is 7.05 Å². The van der Waals surface area contributed by atoms with Crippen LogP contribution in [0.25, 0.3) is 0 Å². The largest absolute Gasteiger partial charge is 0.398 e. The number of hydrogen-bond donors (Lipinski definition) is 1. The van der Waals surface area contributed by atoms with Crippen molar-refractivity contribution in [1.82, 2.24) is 9.78 Å². The van der Waals surface area contributed by atoms with Crippen LogP contribution in [-0.2, 0) is 23.6 Å². The third-order valence-corrected chi connectivity index (χ3v) is 4.25. The molecule has 2 rings (SSSR count). The van der Waals surface area contributed by atoms with E-state index in [-0.39, 0.29) is 0 Å². The summed E-state index contributed by atoms with van der Waals surface area (Å²) in [6.45, 7) is 1.91. The first-order chi connectivity index (χ1) is 8.47. The molecule has 1 unspecified atom stereocenters. The van der Waals surface area contributed by atoms with E-state index in [1.165, 1.54) is 0 Å². The maximum absolute atomic E-state index is 12.3. The van der Waals surface area contributed by atoms with E-state index in [9.17, 15) is 4.21 Å². The Labute approximate surface area is 113 Å². The molecular weight excluding hydrogens is 270 g/mol. The normalized spacial score (nSPS) is 12.6. The summed E-state index contributed by atoms with van der Waals surface area (Å²) in [6, 6.07) is 6.93. The second kappa shape index (κ2) is 5.12. The highest BCUT2D eigenvalue weighted by Crippen LogP contribution is 2.23. The van der Waals surface area contributed by atoms with E-state index in [2.05, 4.69) is 5.10 Å². The van der Waals surface area contributed by atoms with Crippen LogP contribution in [0.2, 0.25) is 5.02 Å². The Morgan fingerprint density at radius 2 is 2.17 bits per heavy atom. The van der Waals surface area contributed by atoms with Crippen molar-refractivity contribution in [3.05, 3.63) is 40.7 Å². The van der Waals surface area contributed by atoms with Gasteiger partial charge in [0.05, 0.1) is 32.8 Å². The molecule has 6 heteroatoms. The van der Waals surface area contributed by atoms with E-state index in [0.717, 1.165) is 11.4 Å². The molecular formula is C12H14ClN3OS. The fraction of sp³-hybridized carbons (Fsp3) is 0.250.